The van der Waals surface area contributed by atoms with Crippen LogP contribution < -0.4 is 19.7 Å². The van der Waals surface area contributed by atoms with E-state index in [2.05, 4.69) is 5.32 Å². The molecule has 30 heavy (non-hydrogen) atoms. The summed E-state index contributed by atoms with van der Waals surface area (Å²) in [6.45, 7) is 0.185. The molecular formula is C21H19FN2O5S. The Morgan fingerprint density at radius 1 is 1.13 bits per heavy atom. The Bertz CT molecular complexity index is 982. The van der Waals surface area contributed by atoms with Crippen LogP contribution in [0, 0.1) is 11.7 Å². The third-order valence-electron chi connectivity index (χ3n) is 4.84. The Balaban J connectivity index is 1.43. The van der Waals surface area contributed by atoms with Crippen molar-refractivity contribution in [1.82, 2.24) is 5.32 Å². The third kappa shape index (κ3) is 4.56. The Morgan fingerprint density at radius 3 is 2.63 bits per heavy atom. The minimum absolute atomic E-state index is 0.0420. The maximum Gasteiger partial charge on any atom is 0.240 e. The van der Waals surface area contributed by atoms with E-state index in [1.807, 2.05) is 6.07 Å². The summed E-state index contributed by atoms with van der Waals surface area (Å²) in [6, 6.07) is 10.7. The third-order valence-corrected chi connectivity index (χ3v) is 5.90. The molecule has 2 amide bonds. The molecule has 1 fully saturated rings. The molecule has 2 aliphatic rings. The van der Waals surface area contributed by atoms with Crippen molar-refractivity contribution in [3.8, 4) is 11.5 Å². The summed E-state index contributed by atoms with van der Waals surface area (Å²) in [6.07, 6.45) is 0.139. The number of fused-ring (bicyclic) bond motifs is 1. The van der Waals surface area contributed by atoms with Gasteiger partial charge in [0.1, 0.15) is 12.4 Å². The Labute approximate surface area is 176 Å². The highest BCUT2D eigenvalue weighted by Crippen LogP contribution is 2.32. The van der Waals surface area contributed by atoms with E-state index in [4.69, 9.17) is 9.47 Å². The number of hydrogen-bond donors (Lipinski definition) is 1. The van der Waals surface area contributed by atoms with Gasteiger partial charge in [0.15, 0.2) is 16.6 Å². The molecular weight excluding hydrogens is 411 g/mol. The second-order valence-electron chi connectivity index (χ2n) is 6.95. The van der Waals surface area contributed by atoms with Gasteiger partial charge in [0.05, 0.1) is 5.92 Å². The van der Waals surface area contributed by atoms with Gasteiger partial charge in [-0.05, 0) is 42.0 Å². The van der Waals surface area contributed by atoms with E-state index in [0.717, 1.165) is 17.3 Å². The first-order valence-corrected chi connectivity index (χ1v) is 10.4. The van der Waals surface area contributed by atoms with Crippen LogP contribution in [0.3, 0.4) is 0 Å². The van der Waals surface area contributed by atoms with Gasteiger partial charge in [-0.25, -0.2) is 4.39 Å². The number of amides is 2. The van der Waals surface area contributed by atoms with Crippen LogP contribution in [0.15, 0.2) is 42.5 Å². The number of ether oxygens (including phenoxy) is 2. The highest BCUT2D eigenvalue weighted by atomic mass is 32.2. The van der Waals surface area contributed by atoms with Crippen molar-refractivity contribution < 1.29 is 28.2 Å². The number of nitrogens with zero attached hydrogens (tertiary/aromatic N) is 1. The molecule has 0 unspecified atom stereocenters. The van der Waals surface area contributed by atoms with E-state index in [0.29, 0.717) is 22.9 Å². The van der Waals surface area contributed by atoms with Gasteiger partial charge in [-0.2, -0.15) is 0 Å². The van der Waals surface area contributed by atoms with Crippen LogP contribution in [-0.4, -0.2) is 36.0 Å². The minimum Gasteiger partial charge on any atom is -0.454 e. The molecule has 0 spiro atoms. The summed E-state index contributed by atoms with van der Waals surface area (Å²) in [4.78, 5) is 38.4. The predicted molar refractivity (Wildman–Crippen MR) is 109 cm³/mol. The molecule has 2 aromatic carbocycles. The van der Waals surface area contributed by atoms with E-state index >= 15 is 0 Å². The van der Waals surface area contributed by atoms with Gasteiger partial charge in [0, 0.05) is 24.4 Å². The van der Waals surface area contributed by atoms with Gasteiger partial charge in [-0.1, -0.05) is 17.8 Å². The number of nitrogens with one attached hydrogen (secondary N) is 1. The lowest BCUT2D eigenvalue weighted by Gasteiger charge is -2.25. The van der Waals surface area contributed by atoms with Crippen molar-refractivity contribution in [2.45, 2.75) is 13.0 Å². The minimum atomic E-state index is -0.491. The fourth-order valence-electron chi connectivity index (χ4n) is 3.26. The molecule has 7 nitrogen and oxygen atoms in total. The van der Waals surface area contributed by atoms with E-state index in [1.165, 1.54) is 29.2 Å². The van der Waals surface area contributed by atoms with Crippen molar-refractivity contribution in [2.75, 3.05) is 24.0 Å². The normalized spacial score (nSPS) is 17.1. The zero-order chi connectivity index (χ0) is 21.1. The summed E-state index contributed by atoms with van der Waals surface area (Å²) in [7, 11) is 0. The summed E-state index contributed by atoms with van der Waals surface area (Å²) in [5.41, 5.74) is 1.23. The standard InChI is InChI=1S/C21H19FN2O5S/c22-15-2-4-16(5-3-15)24(21(27)14-8-20(26)30-11-14)10-19(25)23-9-13-1-6-17-18(7-13)29-12-28-17/h1-7,14H,8-12H2,(H,23,25)/t14-/m1/s1. The van der Waals surface area contributed by atoms with Crippen molar-refractivity contribution in [3.63, 3.8) is 0 Å². The van der Waals surface area contributed by atoms with Crippen LogP contribution in [0.2, 0.25) is 0 Å². The predicted octanol–water partition coefficient (Wildman–Crippen LogP) is 2.48. The molecule has 2 heterocycles. The van der Waals surface area contributed by atoms with Crippen LogP contribution >= 0.6 is 11.8 Å². The van der Waals surface area contributed by atoms with Gasteiger partial charge in [-0.3, -0.25) is 14.4 Å². The molecule has 9 heteroatoms. The number of benzene rings is 2. The molecule has 0 aliphatic carbocycles. The monoisotopic (exact) mass is 430 g/mol. The number of hydrogen-bond acceptors (Lipinski definition) is 6. The second-order valence-corrected chi connectivity index (χ2v) is 8.03. The summed E-state index contributed by atoms with van der Waals surface area (Å²) < 4.78 is 23.9. The van der Waals surface area contributed by atoms with Crippen LogP contribution in [-0.2, 0) is 20.9 Å². The Hall–Kier alpha value is -3.07. The first-order valence-electron chi connectivity index (χ1n) is 9.37. The van der Waals surface area contributed by atoms with Gasteiger partial charge < -0.3 is 19.7 Å². The quantitative estimate of drug-likeness (QED) is 0.758. The highest BCUT2D eigenvalue weighted by Gasteiger charge is 2.33. The number of thioether (sulfide) groups is 1. The maximum absolute atomic E-state index is 13.3. The average Bonchev–Trinajstić information content (AvgIpc) is 3.39. The van der Waals surface area contributed by atoms with E-state index in [9.17, 15) is 18.8 Å². The lowest BCUT2D eigenvalue weighted by Crippen LogP contribution is -2.43. The molecule has 2 aliphatic heterocycles. The van der Waals surface area contributed by atoms with E-state index in [1.54, 1.807) is 12.1 Å². The summed E-state index contributed by atoms with van der Waals surface area (Å²) in [5, 5.41) is 2.74. The van der Waals surface area contributed by atoms with Crippen molar-refractivity contribution in [3.05, 3.63) is 53.8 Å². The van der Waals surface area contributed by atoms with Gasteiger partial charge in [-0.15, -0.1) is 0 Å². The molecule has 1 saturated heterocycles. The Morgan fingerprint density at radius 2 is 1.90 bits per heavy atom. The van der Waals surface area contributed by atoms with Crippen LogP contribution in [0.1, 0.15) is 12.0 Å². The number of halogens is 1. The molecule has 156 valence electrons. The molecule has 0 aromatic heterocycles. The smallest absolute Gasteiger partial charge is 0.240 e. The van der Waals surface area contributed by atoms with Gasteiger partial charge in [0.2, 0.25) is 18.6 Å². The van der Waals surface area contributed by atoms with Gasteiger partial charge in [0.25, 0.3) is 0 Å². The van der Waals surface area contributed by atoms with Crippen LogP contribution in [0.4, 0.5) is 10.1 Å². The van der Waals surface area contributed by atoms with Crippen LogP contribution in [0.5, 0.6) is 11.5 Å². The molecule has 1 atom stereocenters. The molecule has 1 N–H and O–H groups in total. The van der Waals surface area contributed by atoms with Gasteiger partial charge >= 0.3 is 0 Å². The topological polar surface area (TPSA) is 84.9 Å². The van der Waals surface area contributed by atoms with Crippen molar-refractivity contribution in [2.24, 2.45) is 5.92 Å². The highest BCUT2D eigenvalue weighted by molar-refractivity contribution is 8.14. The lowest BCUT2D eigenvalue weighted by atomic mass is 10.1. The number of anilines is 1. The number of carbonyl (C=O) groups excluding carboxylic acids is 3. The van der Waals surface area contributed by atoms with Crippen molar-refractivity contribution in [1.29, 1.82) is 0 Å². The van der Waals surface area contributed by atoms with Crippen molar-refractivity contribution >= 4 is 34.4 Å². The lowest BCUT2D eigenvalue weighted by molar-refractivity contribution is -0.126. The zero-order valence-corrected chi connectivity index (χ0v) is 16.7. The van der Waals surface area contributed by atoms with Crippen LogP contribution in [0.25, 0.3) is 0 Å². The average molecular weight is 430 g/mol. The molecule has 0 saturated carbocycles. The first-order chi connectivity index (χ1) is 14.5. The molecule has 4 rings (SSSR count). The number of carbonyl (C=O) groups is 3. The Kier molecular flexibility index (Phi) is 5.89. The summed E-state index contributed by atoms with van der Waals surface area (Å²) >= 11 is 1.12. The number of rotatable bonds is 6. The zero-order valence-electron chi connectivity index (χ0n) is 15.9. The first kappa shape index (κ1) is 20.2. The van der Waals surface area contributed by atoms with E-state index < -0.39 is 11.7 Å². The molecule has 0 radical (unpaired) electrons. The second kappa shape index (κ2) is 8.74. The fraction of sp³-hybridized carbons (Fsp3) is 0.286. The summed E-state index contributed by atoms with van der Waals surface area (Å²) in [5.74, 6) is 0.0314. The largest absolute Gasteiger partial charge is 0.454 e. The molecule has 0 bridgehead atoms. The SMILES string of the molecule is O=C(CN(C(=O)[C@H]1CSC(=O)C1)c1ccc(F)cc1)NCc1ccc2c(c1)OCO2. The molecule has 2 aromatic rings. The fourth-order valence-corrected chi connectivity index (χ4v) is 4.23. The van der Waals surface area contributed by atoms with E-state index in [-0.39, 0.29) is 43.2 Å². The maximum atomic E-state index is 13.3.